The number of carbonyl (C=O) groups is 1. The van der Waals surface area contributed by atoms with E-state index in [0.717, 1.165) is 26.6 Å². The fraction of sp³-hybridized carbons (Fsp3) is 0.167. The number of benzene rings is 4. The van der Waals surface area contributed by atoms with Gasteiger partial charge in [0, 0.05) is 0 Å². The molecule has 37 heavy (non-hydrogen) atoms. The van der Waals surface area contributed by atoms with Crippen LogP contribution in [0.25, 0.3) is 0 Å². The third-order valence-corrected chi connectivity index (χ3v) is 7.87. The number of anilines is 1. The summed E-state index contributed by atoms with van der Waals surface area (Å²) in [5.74, 6) is -0.0971. The molecule has 4 rings (SSSR count). The zero-order valence-electron chi connectivity index (χ0n) is 21.1. The van der Waals surface area contributed by atoms with Crippen LogP contribution in [0.5, 0.6) is 5.75 Å². The van der Waals surface area contributed by atoms with Gasteiger partial charge in [-0.3, -0.25) is 9.10 Å². The van der Waals surface area contributed by atoms with Gasteiger partial charge >= 0.3 is 0 Å². The molecule has 4 aromatic rings. The molecule has 7 heteroatoms. The highest BCUT2D eigenvalue weighted by molar-refractivity contribution is 7.92. The number of carbonyl (C=O) groups excluding carboxylic acids is 1. The Morgan fingerprint density at radius 3 is 1.95 bits per heavy atom. The molecule has 0 aromatic heterocycles. The number of hydrogen-bond donors (Lipinski definition) is 1. The maximum absolute atomic E-state index is 13.8. The van der Waals surface area contributed by atoms with Crippen LogP contribution in [0.4, 0.5) is 5.69 Å². The van der Waals surface area contributed by atoms with E-state index in [9.17, 15) is 13.2 Å². The zero-order valence-corrected chi connectivity index (χ0v) is 21.9. The molecule has 0 aliphatic carbocycles. The molecular weight excluding hydrogens is 484 g/mol. The molecule has 0 fully saturated rings. The van der Waals surface area contributed by atoms with Crippen molar-refractivity contribution in [2.45, 2.75) is 24.8 Å². The Hall–Kier alpha value is -4.10. The van der Waals surface area contributed by atoms with Crippen LogP contribution in [-0.2, 0) is 14.8 Å². The molecule has 1 amide bonds. The van der Waals surface area contributed by atoms with Crippen molar-refractivity contribution in [3.05, 3.63) is 125 Å². The lowest BCUT2D eigenvalue weighted by atomic mass is 9.98. The van der Waals surface area contributed by atoms with Gasteiger partial charge in [0.15, 0.2) is 0 Å². The number of methoxy groups -OCH3 is 1. The van der Waals surface area contributed by atoms with Crippen molar-refractivity contribution in [3.63, 3.8) is 0 Å². The van der Waals surface area contributed by atoms with Crippen molar-refractivity contribution in [1.82, 2.24) is 5.32 Å². The fourth-order valence-electron chi connectivity index (χ4n) is 4.07. The van der Waals surface area contributed by atoms with Gasteiger partial charge in [-0.05, 0) is 49.2 Å². The minimum absolute atomic E-state index is 0.0925. The summed E-state index contributed by atoms with van der Waals surface area (Å²) in [6, 6.07) is 30.4. The van der Waals surface area contributed by atoms with Crippen molar-refractivity contribution in [1.29, 1.82) is 0 Å². The molecule has 1 N–H and O–H groups in total. The molecule has 4 aromatic carbocycles. The van der Waals surface area contributed by atoms with E-state index in [4.69, 9.17) is 4.74 Å². The first-order chi connectivity index (χ1) is 17.8. The van der Waals surface area contributed by atoms with E-state index in [2.05, 4.69) is 5.32 Å². The summed E-state index contributed by atoms with van der Waals surface area (Å²) in [5.41, 5.74) is 4.12. The van der Waals surface area contributed by atoms with Gasteiger partial charge in [-0.15, -0.1) is 0 Å². The minimum atomic E-state index is -4.08. The lowest BCUT2D eigenvalue weighted by molar-refractivity contribution is -0.120. The zero-order chi connectivity index (χ0) is 26.4. The van der Waals surface area contributed by atoms with E-state index in [1.807, 2.05) is 68.4 Å². The predicted molar refractivity (Wildman–Crippen MR) is 146 cm³/mol. The molecule has 190 valence electrons. The van der Waals surface area contributed by atoms with Gasteiger partial charge < -0.3 is 10.1 Å². The van der Waals surface area contributed by atoms with Gasteiger partial charge in [-0.25, -0.2) is 8.42 Å². The van der Waals surface area contributed by atoms with Crippen molar-refractivity contribution in [3.8, 4) is 5.75 Å². The van der Waals surface area contributed by atoms with Crippen LogP contribution in [0, 0.1) is 13.8 Å². The Kier molecular flexibility index (Phi) is 7.94. The highest BCUT2D eigenvalue weighted by atomic mass is 32.2. The Bertz CT molecular complexity index is 1450. The Balaban J connectivity index is 1.71. The summed E-state index contributed by atoms with van der Waals surface area (Å²) in [5, 5.41) is 3.05. The number of sulfonamides is 1. The van der Waals surface area contributed by atoms with E-state index in [-0.39, 0.29) is 10.6 Å². The number of nitrogens with zero attached hydrogens (tertiary/aromatic N) is 1. The molecule has 0 spiro atoms. The fourth-order valence-corrected chi connectivity index (χ4v) is 5.50. The maximum atomic E-state index is 13.8. The molecular formula is C30H30N2O4S. The molecule has 6 nitrogen and oxygen atoms in total. The third kappa shape index (κ3) is 6.01. The van der Waals surface area contributed by atoms with E-state index >= 15 is 0 Å². The van der Waals surface area contributed by atoms with E-state index in [1.165, 1.54) is 7.11 Å². The largest absolute Gasteiger partial charge is 0.495 e. The molecule has 0 heterocycles. The van der Waals surface area contributed by atoms with Gasteiger partial charge in [0.2, 0.25) is 5.91 Å². The van der Waals surface area contributed by atoms with Crippen molar-refractivity contribution in [2.24, 2.45) is 0 Å². The molecule has 0 aliphatic rings. The van der Waals surface area contributed by atoms with E-state index in [0.29, 0.717) is 5.75 Å². The number of para-hydroxylation sites is 2. The van der Waals surface area contributed by atoms with E-state index < -0.39 is 28.5 Å². The van der Waals surface area contributed by atoms with Gasteiger partial charge in [-0.1, -0.05) is 90.0 Å². The van der Waals surface area contributed by atoms with Crippen molar-refractivity contribution >= 4 is 21.6 Å². The summed E-state index contributed by atoms with van der Waals surface area (Å²) in [7, 11) is -2.61. The first-order valence-electron chi connectivity index (χ1n) is 11.9. The van der Waals surface area contributed by atoms with Gasteiger partial charge in [0.25, 0.3) is 10.0 Å². The molecule has 1 unspecified atom stereocenters. The Morgan fingerprint density at radius 1 is 0.784 bits per heavy atom. The second-order valence-electron chi connectivity index (χ2n) is 8.82. The number of ether oxygens (including phenoxy) is 1. The normalized spacial score (nSPS) is 12.0. The van der Waals surface area contributed by atoms with Crippen LogP contribution in [0.3, 0.4) is 0 Å². The summed E-state index contributed by atoms with van der Waals surface area (Å²) in [4.78, 5) is 13.6. The molecule has 0 radical (unpaired) electrons. The maximum Gasteiger partial charge on any atom is 0.264 e. The Labute approximate surface area is 218 Å². The van der Waals surface area contributed by atoms with Crippen LogP contribution < -0.4 is 14.4 Å². The van der Waals surface area contributed by atoms with Crippen molar-refractivity contribution < 1.29 is 17.9 Å². The number of hydrogen-bond acceptors (Lipinski definition) is 4. The SMILES string of the molecule is COc1ccccc1N(CC(=O)NC(c1ccccc1)c1ccc(C)cc1)S(=O)(=O)c1ccc(C)cc1. The molecule has 0 saturated heterocycles. The van der Waals surface area contributed by atoms with Crippen LogP contribution >= 0.6 is 0 Å². The average molecular weight is 515 g/mol. The number of rotatable bonds is 9. The lowest BCUT2D eigenvalue weighted by Crippen LogP contribution is -2.42. The summed E-state index contributed by atoms with van der Waals surface area (Å²) in [6.45, 7) is 3.46. The monoisotopic (exact) mass is 514 g/mol. The van der Waals surface area contributed by atoms with Gasteiger partial charge in [0.05, 0.1) is 23.7 Å². The quantitative estimate of drug-likeness (QED) is 0.324. The van der Waals surface area contributed by atoms with Crippen LogP contribution in [-0.4, -0.2) is 28.0 Å². The number of nitrogens with one attached hydrogen (secondary N) is 1. The Morgan fingerprint density at radius 2 is 1.32 bits per heavy atom. The van der Waals surface area contributed by atoms with Crippen LogP contribution in [0.2, 0.25) is 0 Å². The van der Waals surface area contributed by atoms with E-state index in [1.54, 1.807) is 48.5 Å². The first kappa shape index (κ1) is 26.0. The topological polar surface area (TPSA) is 75.7 Å². The summed E-state index contributed by atoms with van der Waals surface area (Å²) >= 11 is 0. The second kappa shape index (κ2) is 11.3. The second-order valence-corrected chi connectivity index (χ2v) is 10.7. The van der Waals surface area contributed by atoms with Crippen molar-refractivity contribution in [2.75, 3.05) is 18.0 Å². The molecule has 1 atom stereocenters. The highest BCUT2D eigenvalue weighted by Gasteiger charge is 2.30. The molecule has 0 bridgehead atoms. The van der Waals surface area contributed by atoms with Gasteiger partial charge in [-0.2, -0.15) is 0 Å². The highest BCUT2D eigenvalue weighted by Crippen LogP contribution is 2.32. The molecule has 0 saturated carbocycles. The predicted octanol–water partition coefficient (Wildman–Crippen LogP) is 5.41. The van der Waals surface area contributed by atoms with Gasteiger partial charge in [0.1, 0.15) is 12.3 Å². The third-order valence-electron chi connectivity index (χ3n) is 6.10. The van der Waals surface area contributed by atoms with Crippen LogP contribution in [0.1, 0.15) is 28.3 Å². The number of aryl methyl sites for hydroxylation is 2. The van der Waals surface area contributed by atoms with Crippen LogP contribution in [0.15, 0.2) is 108 Å². The standard InChI is InChI=1S/C30H30N2O4S/c1-22-13-17-25(18-14-22)30(24-9-5-4-6-10-24)31-29(33)21-32(27-11-7-8-12-28(27)36-3)37(34,35)26-19-15-23(2)16-20-26/h4-20,30H,21H2,1-3H3,(H,31,33). The summed E-state index contributed by atoms with van der Waals surface area (Å²) < 4.78 is 34.2. The minimum Gasteiger partial charge on any atom is -0.495 e. The smallest absolute Gasteiger partial charge is 0.264 e. The number of amides is 1. The lowest BCUT2D eigenvalue weighted by Gasteiger charge is -2.27. The average Bonchev–Trinajstić information content (AvgIpc) is 2.91. The molecule has 0 aliphatic heterocycles. The first-order valence-corrected chi connectivity index (χ1v) is 13.4. The summed E-state index contributed by atoms with van der Waals surface area (Å²) in [6.07, 6.45) is 0.